The molecule has 1 aliphatic heterocycles. The fourth-order valence-corrected chi connectivity index (χ4v) is 5.75. The van der Waals surface area contributed by atoms with E-state index in [9.17, 15) is 13.2 Å². The number of methoxy groups -OCH3 is 1. The molecular formula is C24H31N5O4S. The van der Waals surface area contributed by atoms with Gasteiger partial charge in [-0.3, -0.25) is 4.79 Å². The van der Waals surface area contributed by atoms with Gasteiger partial charge in [0.15, 0.2) is 0 Å². The predicted octanol–water partition coefficient (Wildman–Crippen LogP) is 3.13. The first kappa shape index (κ1) is 24.2. The summed E-state index contributed by atoms with van der Waals surface area (Å²) >= 11 is 0. The number of fused-ring (bicyclic) bond motifs is 1. The number of hydrogen-bond acceptors (Lipinski definition) is 6. The molecule has 0 saturated carbocycles. The Labute approximate surface area is 200 Å². The van der Waals surface area contributed by atoms with Crippen LogP contribution in [0, 0.1) is 5.92 Å². The van der Waals surface area contributed by atoms with Gasteiger partial charge in [0.2, 0.25) is 15.9 Å². The summed E-state index contributed by atoms with van der Waals surface area (Å²) in [4.78, 5) is 12.9. The van der Waals surface area contributed by atoms with Crippen molar-refractivity contribution in [1.29, 1.82) is 0 Å². The number of nitrogens with zero attached hydrogens (tertiary/aromatic N) is 4. The normalized spacial score (nSPS) is 16.4. The highest BCUT2D eigenvalue weighted by Crippen LogP contribution is 2.27. The average molecular weight is 486 g/mol. The molecule has 9 nitrogen and oxygen atoms in total. The van der Waals surface area contributed by atoms with Crippen LogP contribution in [0.3, 0.4) is 0 Å². The maximum atomic E-state index is 13.2. The van der Waals surface area contributed by atoms with Crippen molar-refractivity contribution in [3.05, 3.63) is 48.0 Å². The zero-order chi connectivity index (χ0) is 24.3. The van der Waals surface area contributed by atoms with Crippen LogP contribution in [0.25, 0.3) is 11.0 Å². The lowest BCUT2D eigenvalue weighted by atomic mass is 9.97. The molecule has 10 heteroatoms. The van der Waals surface area contributed by atoms with Crippen LogP contribution in [-0.4, -0.2) is 53.8 Å². The molecule has 34 heavy (non-hydrogen) atoms. The summed E-state index contributed by atoms with van der Waals surface area (Å²) in [5.41, 5.74) is 2.28. The number of aromatic nitrogens is 3. The van der Waals surface area contributed by atoms with E-state index in [0.29, 0.717) is 38.0 Å². The minimum Gasteiger partial charge on any atom is -0.496 e. The molecule has 1 N–H and O–H groups in total. The number of benzene rings is 2. The largest absolute Gasteiger partial charge is 0.496 e. The number of hydrogen-bond donors (Lipinski definition) is 1. The van der Waals surface area contributed by atoms with Crippen molar-refractivity contribution in [1.82, 2.24) is 24.6 Å². The zero-order valence-electron chi connectivity index (χ0n) is 19.8. The van der Waals surface area contributed by atoms with Crippen LogP contribution in [0.5, 0.6) is 5.75 Å². The zero-order valence-corrected chi connectivity index (χ0v) is 20.6. The molecule has 2 heterocycles. The second kappa shape index (κ2) is 10.1. The second-order valence-electron chi connectivity index (χ2n) is 8.65. The maximum Gasteiger partial charge on any atom is 0.243 e. The van der Waals surface area contributed by atoms with Crippen LogP contribution < -0.4 is 10.1 Å². The van der Waals surface area contributed by atoms with Gasteiger partial charge in [0, 0.05) is 31.1 Å². The van der Waals surface area contributed by atoms with E-state index in [-0.39, 0.29) is 22.8 Å². The number of ether oxygens (including phenoxy) is 1. The van der Waals surface area contributed by atoms with Gasteiger partial charge < -0.3 is 10.1 Å². The lowest BCUT2D eigenvalue weighted by molar-refractivity contribution is -0.126. The van der Waals surface area contributed by atoms with Crippen LogP contribution in [0.1, 0.15) is 44.7 Å². The quantitative estimate of drug-likeness (QED) is 0.525. The molecule has 4 rings (SSSR count). The summed E-state index contributed by atoms with van der Waals surface area (Å²) in [6.07, 6.45) is 1.85. The van der Waals surface area contributed by atoms with Crippen LogP contribution in [0.2, 0.25) is 0 Å². The van der Waals surface area contributed by atoms with E-state index in [1.807, 2.05) is 28.9 Å². The first-order chi connectivity index (χ1) is 16.3. The topological polar surface area (TPSA) is 106 Å². The highest BCUT2D eigenvalue weighted by molar-refractivity contribution is 7.89. The van der Waals surface area contributed by atoms with Gasteiger partial charge >= 0.3 is 0 Å². The highest BCUT2D eigenvalue weighted by Gasteiger charge is 2.32. The van der Waals surface area contributed by atoms with Gasteiger partial charge in [0.1, 0.15) is 11.3 Å². The van der Waals surface area contributed by atoms with Gasteiger partial charge in [-0.25, -0.2) is 13.1 Å². The number of rotatable bonds is 8. The molecule has 1 amide bonds. The van der Waals surface area contributed by atoms with E-state index in [0.717, 1.165) is 23.3 Å². The van der Waals surface area contributed by atoms with Crippen molar-refractivity contribution >= 4 is 27.0 Å². The Morgan fingerprint density at radius 2 is 1.94 bits per heavy atom. The molecule has 1 atom stereocenters. The van der Waals surface area contributed by atoms with Gasteiger partial charge in [-0.2, -0.15) is 4.31 Å². The molecule has 0 spiro atoms. The van der Waals surface area contributed by atoms with Crippen LogP contribution >= 0.6 is 0 Å². The third kappa shape index (κ3) is 4.78. The van der Waals surface area contributed by atoms with Gasteiger partial charge in [0.25, 0.3) is 0 Å². The van der Waals surface area contributed by atoms with Gasteiger partial charge in [-0.1, -0.05) is 30.3 Å². The molecule has 0 radical (unpaired) electrons. The Kier molecular flexibility index (Phi) is 7.18. The minimum absolute atomic E-state index is 0.0639. The fourth-order valence-electron chi connectivity index (χ4n) is 4.26. The number of amides is 1. The molecule has 1 aromatic heterocycles. The van der Waals surface area contributed by atoms with E-state index in [1.165, 1.54) is 4.31 Å². The first-order valence-electron chi connectivity index (χ1n) is 11.6. The Morgan fingerprint density at radius 1 is 1.21 bits per heavy atom. The van der Waals surface area contributed by atoms with Crippen molar-refractivity contribution in [2.24, 2.45) is 5.92 Å². The van der Waals surface area contributed by atoms with Crippen molar-refractivity contribution in [2.75, 3.05) is 20.2 Å². The lowest BCUT2D eigenvalue weighted by Gasteiger charge is -2.30. The van der Waals surface area contributed by atoms with Crippen molar-refractivity contribution in [3.63, 3.8) is 0 Å². The van der Waals surface area contributed by atoms with Crippen molar-refractivity contribution < 1.29 is 17.9 Å². The summed E-state index contributed by atoms with van der Waals surface area (Å²) in [6.45, 7) is 5.09. The number of sulfonamides is 1. The lowest BCUT2D eigenvalue weighted by Crippen LogP contribution is -2.42. The number of para-hydroxylation sites is 1. The molecule has 1 saturated heterocycles. The average Bonchev–Trinajstić information content (AvgIpc) is 3.30. The Balaban J connectivity index is 1.38. The second-order valence-corrected chi connectivity index (χ2v) is 10.6. The summed E-state index contributed by atoms with van der Waals surface area (Å²) in [5.74, 6) is 0.440. The molecule has 0 aliphatic carbocycles. The summed E-state index contributed by atoms with van der Waals surface area (Å²) in [7, 11) is -2.08. The SMILES string of the molecule is CC[C@H](C)n1nnc2cc(S(=O)(=O)N3CCC(C(=O)NCc4ccccc4OC)CC3)ccc21. The number of piperidine rings is 1. The summed E-state index contributed by atoms with van der Waals surface area (Å²) in [6, 6.07) is 12.7. The standard InChI is InChI=1S/C24H31N5O4S/c1-4-17(2)29-22-10-9-20(15-21(22)26-27-29)34(31,32)28-13-11-18(12-14-28)24(30)25-16-19-7-5-6-8-23(19)33-3/h5-10,15,17-18H,4,11-14,16H2,1-3H3,(H,25,30)/t17-/m0/s1. The predicted molar refractivity (Wildman–Crippen MR) is 129 cm³/mol. The first-order valence-corrected chi connectivity index (χ1v) is 13.0. The van der Waals surface area contributed by atoms with E-state index < -0.39 is 10.0 Å². The molecule has 0 bridgehead atoms. The third-order valence-corrected chi connectivity index (χ3v) is 8.45. The summed E-state index contributed by atoms with van der Waals surface area (Å²) < 4.78 is 35.1. The number of nitrogens with one attached hydrogen (secondary N) is 1. The monoisotopic (exact) mass is 485 g/mol. The summed E-state index contributed by atoms with van der Waals surface area (Å²) in [5, 5.41) is 11.3. The maximum absolute atomic E-state index is 13.2. The van der Waals surface area contributed by atoms with Crippen LogP contribution in [0.15, 0.2) is 47.4 Å². The van der Waals surface area contributed by atoms with Gasteiger partial charge in [-0.05, 0) is 50.5 Å². The van der Waals surface area contributed by atoms with E-state index in [4.69, 9.17) is 4.74 Å². The smallest absolute Gasteiger partial charge is 0.243 e. The molecule has 0 unspecified atom stereocenters. The molecule has 2 aromatic carbocycles. The fraction of sp³-hybridized carbons (Fsp3) is 0.458. The number of carbonyl (C=O) groups excluding carboxylic acids is 1. The van der Waals surface area contributed by atoms with Crippen LogP contribution in [0.4, 0.5) is 0 Å². The molecule has 1 aliphatic rings. The third-order valence-electron chi connectivity index (χ3n) is 6.56. The molecule has 1 fully saturated rings. The number of carbonyl (C=O) groups is 1. The Bertz CT molecular complexity index is 1270. The van der Waals surface area contributed by atoms with E-state index >= 15 is 0 Å². The van der Waals surface area contributed by atoms with Crippen LogP contribution in [-0.2, 0) is 21.4 Å². The van der Waals surface area contributed by atoms with Crippen molar-refractivity contribution in [3.8, 4) is 5.75 Å². The van der Waals surface area contributed by atoms with E-state index in [2.05, 4.69) is 29.5 Å². The van der Waals surface area contributed by atoms with E-state index in [1.54, 1.807) is 25.3 Å². The minimum atomic E-state index is -3.68. The van der Waals surface area contributed by atoms with Gasteiger partial charge in [-0.15, -0.1) is 5.10 Å². The van der Waals surface area contributed by atoms with Crippen molar-refractivity contribution in [2.45, 2.75) is 50.6 Å². The Morgan fingerprint density at radius 3 is 2.65 bits per heavy atom. The molecule has 182 valence electrons. The Hall–Kier alpha value is -2.98. The molecule has 3 aromatic rings. The van der Waals surface area contributed by atoms with Gasteiger partial charge in [0.05, 0.1) is 23.6 Å². The highest BCUT2D eigenvalue weighted by atomic mass is 32.2. The molecular weight excluding hydrogens is 454 g/mol.